The number of hydrogen-bond donors (Lipinski definition) is 10. The first-order chi connectivity index (χ1) is 16.5. The topological polar surface area (TPSA) is 249 Å². The standard InChI is InChI=1S/C10H28N3O9.C7H15NO4S/c14-1-11(2-15,3-16)10(12(4-17,5-18)6-19)13(7-20,8-21)9-22;9-13(10,11)7-1-2-8-3-5-12-6-4-8/h10,14-22H,1-9H2;1-7H2,(H,9,10,11)/q+3;. The molecule has 0 aromatic rings. The molecule has 0 unspecified atom stereocenters. The smallest absolute Gasteiger partial charge is 0.360 e. The number of aliphatic hydroxyl groups excluding tert-OH is 9. The Kier molecular flexibility index (Phi) is 15.9. The molecule has 0 bridgehead atoms. The molecule has 212 valence electrons. The van der Waals surface area contributed by atoms with Crippen molar-refractivity contribution in [2.45, 2.75) is 12.7 Å². The molecule has 1 aliphatic rings. The van der Waals surface area contributed by atoms with E-state index in [1.54, 1.807) is 0 Å². The van der Waals surface area contributed by atoms with Crippen LogP contribution in [0.5, 0.6) is 0 Å². The van der Waals surface area contributed by atoms with Gasteiger partial charge in [0.25, 0.3) is 10.1 Å². The van der Waals surface area contributed by atoms with Gasteiger partial charge in [-0.2, -0.15) is 21.9 Å². The summed E-state index contributed by atoms with van der Waals surface area (Å²) in [4.78, 5) is 2.13. The van der Waals surface area contributed by atoms with Crippen LogP contribution in [0.25, 0.3) is 0 Å². The van der Waals surface area contributed by atoms with Crippen molar-refractivity contribution in [1.29, 1.82) is 0 Å². The normalized spacial score (nSPS) is 16.3. The summed E-state index contributed by atoms with van der Waals surface area (Å²) in [6.45, 7) is -4.43. The summed E-state index contributed by atoms with van der Waals surface area (Å²) in [7, 11) is -3.78. The van der Waals surface area contributed by atoms with Crippen molar-refractivity contribution in [1.82, 2.24) is 4.90 Å². The lowest BCUT2D eigenvalue weighted by molar-refractivity contribution is -1.31. The maximum Gasteiger partial charge on any atom is 0.360 e. The van der Waals surface area contributed by atoms with E-state index >= 15 is 0 Å². The van der Waals surface area contributed by atoms with Gasteiger partial charge < -0.3 is 50.7 Å². The fraction of sp³-hybridized carbons (Fsp3) is 1.00. The first kappa shape index (κ1) is 34.4. The number of ether oxygens (including phenoxy) is 1. The van der Waals surface area contributed by atoms with Crippen LogP contribution in [0.1, 0.15) is 6.42 Å². The molecule has 0 aliphatic carbocycles. The largest absolute Gasteiger partial charge is 0.379 e. The van der Waals surface area contributed by atoms with E-state index in [1.807, 2.05) is 0 Å². The molecule has 0 aromatic heterocycles. The minimum absolute atomic E-state index is 0.148. The van der Waals surface area contributed by atoms with Gasteiger partial charge in [-0.3, -0.25) is 9.45 Å². The van der Waals surface area contributed by atoms with Crippen LogP contribution in [-0.2, 0) is 14.9 Å². The lowest BCUT2D eigenvalue weighted by Crippen LogP contribution is -2.83. The van der Waals surface area contributed by atoms with E-state index in [0.717, 1.165) is 13.1 Å². The van der Waals surface area contributed by atoms with Crippen LogP contribution in [0.4, 0.5) is 0 Å². The predicted octanol–water partition coefficient (Wildman–Crippen LogP) is -6.13. The quantitative estimate of drug-likeness (QED) is 0.0494. The first-order valence-electron chi connectivity index (χ1n) is 10.8. The van der Waals surface area contributed by atoms with Gasteiger partial charge in [0.15, 0.2) is 60.6 Å². The number of aliphatic hydroxyl groups is 9. The highest BCUT2D eigenvalue weighted by Gasteiger charge is 2.63. The van der Waals surface area contributed by atoms with Gasteiger partial charge in [-0.1, -0.05) is 0 Å². The Labute approximate surface area is 204 Å². The number of quaternary nitrogens is 3. The Morgan fingerprint density at radius 1 is 0.657 bits per heavy atom. The summed E-state index contributed by atoms with van der Waals surface area (Å²) in [5, 5.41) is 86.3. The van der Waals surface area contributed by atoms with Gasteiger partial charge in [0.05, 0.1) is 19.0 Å². The maximum atomic E-state index is 10.4. The molecule has 1 rings (SSSR count). The van der Waals surface area contributed by atoms with Crippen molar-refractivity contribution in [2.24, 2.45) is 0 Å². The van der Waals surface area contributed by atoms with Gasteiger partial charge in [-0.05, 0) is 13.0 Å². The van der Waals surface area contributed by atoms with Gasteiger partial charge in [0.1, 0.15) is 0 Å². The number of rotatable bonds is 16. The van der Waals surface area contributed by atoms with Crippen molar-refractivity contribution in [3.05, 3.63) is 0 Å². The highest BCUT2D eigenvalue weighted by molar-refractivity contribution is 7.85. The third kappa shape index (κ3) is 9.31. The Balaban J connectivity index is 0.000000750. The SMILES string of the molecule is O=S(=O)(O)CCCN1CCOCC1.OC[N+](CO)(CO)C([N+](CO)(CO)CO)[N+](CO)(CO)CO. The average molecular weight is 544 g/mol. The van der Waals surface area contributed by atoms with Crippen molar-refractivity contribution in [3.8, 4) is 0 Å². The zero-order valence-electron chi connectivity index (χ0n) is 19.8. The van der Waals surface area contributed by atoms with E-state index < -0.39 is 90.4 Å². The zero-order chi connectivity index (χ0) is 27.2. The highest BCUT2D eigenvalue weighted by Crippen LogP contribution is 2.30. The molecule has 18 heteroatoms. The lowest BCUT2D eigenvalue weighted by atomic mass is 10.3. The van der Waals surface area contributed by atoms with Gasteiger partial charge in [0.2, 0.25) is 0 Å². The van der Waals surface area contributed by atoms with Gasteiger partial charge in [-0.25, -0.2) is 0 Å². The number of nitrogens with zero attached hydrogens (tertiary/aromatic N) is 4. The van der Waals surface area contributed by atoms with E-state index in [1.165, 1.54) is 0 Å². The summed E-state index contributed by atoms with van der Waals surface area (Å²) < 4.78 is 31.3. The number of morpholine rings is 1. The first-order valence-corrected chi connectivity index (χ1v) is 12.4. The summed E-state index contributed by atoms with van der Waals surface area (Å²) in [5.41, 5.74) is 0. The van der Waals surface area contributed by atoms with Crippen molar-refractivity contribution in [3.63, 3.8) is 0 Å². The average Bonchev–Trinajstić information content (AvgIpc) is 2.88. The molecule has 0 saturated carbocycles. The van der Waals surface area contributed by atoms with E-state index in [4.69, 9.17) is 9.29 Å². The monoisotopic (exact) mass is 543 g/mol. The van der Waals surface area contributed by atoms with Crippen molar-refractivity contribution < 1.29 is 77.1 Å². The molecule has 0 amide bonds. The Bertz CT molecular complexity index is 582. The fourth-order valence-electron chi connectivity index (χ4n) is 3.91. The van der Waals surface area contributed by atoms with Crippen LogP contribution in [0, 0.1) is 0 Å². The second-order valence-electron chi connectivity index (χ2n) is 8.37. The molecular weight excluding hydrogens is 500 g/mol. The second-order valence-corrected chi connectivity index (χ2v) is 9.94. The Morgan fingerprint density at radius 2 is 0.971 bits per heavy atom. The zero-order valence-corrected chi connectivity index (χ0v) is 20.6. The van der Waals surface area contributed by atoms with E-state index in [-0.39, 0.29) is 5.75 Å². The molecule has 1 aliphatic heterocycles. The van der Waals surface area contributed by atoms with Crippen LogP contribution in [-0.4, -0.2) is 183 Å². The molecule has 0 atom stereocenters. The molecule has 0 radical (unpaired) electrons. The van der Waals surface area contributed by atoms with Crippen LogP contribution in [0.15, 0.2) is 0 Å². The van der Waals surface area contributed by atoms with Gasteiger partial charge in [0, 0.05) is 13.1 Å². The van der Waals surface area contributed by atoms with Crippen molar-refractivity contribution in [2.75, 3.05) is 99.2 Å². The lowest BCUT2D eigenvalue weighted by Gasteiger charge is -2.52. The molecule has 10 N–H and O–H groups in total. The molecule has 0 aromatic carbocycles. The van der Waals surface area contributed by atoms with Crippen LogP contribution in [0.3, 0.4) is 0 Å². The summed E-state index contributed by atoms with van der Waals surface area (Å²) >= 11 is 0. The molecular formula is C17H43N4O13S+3. The third-order valence-electron chi connectivity index (χ3n) is 5.98. The molecule has 35 heavy (non-hydrogen) atoms. The minimum Gasteiger partial charge on any atom is -0.379 e. The Morgan fingerprint density at radius 3 is 1.23 bits per heavy atom. The van der Waals surface area contributed by atoms with E-state index in [9.17, 15) is 54.4 Å². The second kappa shape index (κ2) is 16.2. The van der Waals surface area contributed by atoms with Gasteiger partial charge >= 0.3 is 6.29 Å². The highest BCUT2D eigenvalue weighted by atomic mass is 32.2. The van der Waals surface area contributed by atoms with Crippen LogP contribution >= 0.6 is 0 Å². The molecule has 1 saturated heterocycles. The maximum absolute atomic E-state index is 10.4. The van der Waals surface area contributed by atoms with E-state index in [0.29, 0.717) is 26.2 Å². The van der Waals surface area contributed by atoms with Crippen molar-refractivity contribution >= 4 is 10.1 Å². The summed E-state index contributed by atoms with van der Waals surface area (Å²) in [6.07, 6.45) is -1.10. The van der Waals surface area contributed by atoms with Crippen LogP contribution < -0.4 is 0 Å². The minimum atomic E-state index is -3.78. The van der Waals surface area contributed by atoms with Crippen LogP contribution in [0.2, 0.25) is 0 Å². The summed E-state index contributed by atoms with van der Waals surface area (Å²) in [5.74, 6) is -0.148. The van der Waals surface area contributed by atoms with Gasteiger partial charge in [-0.15, -0.1) is 0 Å². The molecule has 1 fully saturated rings. The number of hydrogen-bond acceptors (Lipinski definition) is 13. The molecule has 0 spiro atoms. The molecule has 17 nitrogen and oxygen atoms in total. The third-order valence-corrected chi connectivity index (χ3v) is 6.79. The predicted molar refractivity (Wildman–Crippen MR) is 117 cm³/mol. The fourth-order valence-corrected chi connectivity index (χ4v) is 4.41. The summed E-state index contributed by atoms with van der Waals surface area (Å²) in [6, 6.07) is 0. The Hall–Kier alpha value is -0.650. The molecule has 1 heterocycles. The van der Waals surface area contributed by atoms with E-state index in [2.05, 4.69) is 4.90 Å².